The lowest BCUT2D eigenvalue weighted by Gasteiger charge is -2.11. The van der Waals surface area contributed by atoms with Gasteiger partial charge in [-0.05, 0) is 37.1 Å². The summed E-state index contributed by atoms with van der Waals surface area (Å²) >= 11 is 0. The number of sulfonamides is 1. The summed E-state index contributed by atoms with van der Waals surface area (Å²) in [6, 6.07) is 4.74. The summed E-state index contributed by atoms with van der Waals surface area (Å²) in [5, 5.41) is 8.65. The fraction of sp³-hybridized carbons (Fsp3) is 0.538. The fourth-order valence-corrected chi connectivity index (χ4v) is 2.65. The van der Waals surface area contributed by atoms with Crippen LogP contribution in [0.15, 0.2) is 23.1 Å². The molecule has 0 heterocycles. The maximum atomic E-state index is 11.9. The van der Waals surface area contributed by atoms with Crippen LogP contribution < -0.4 is 9.46 Å². The molecule has 108 valence electrons. The van der Waals surface area contributed by atoms with Gasteiger partial charge < -0.3 is 9.84 Å². The van der Waals surface area contributed by atoms with E-state index in [1.54, 1.807) is 12.1 Å². The zero-order valence-corrected chi connectivity index (χ0v) is 12.2. The van der Waals surface area contributed by atoms with Crippen LogP contribution in [0.4, 0.5) is 0 Å². The smallest absolute Gasteiger partial charge is 0.240 e. The Hall–Kier alpha value is -1.11. The van der Waals surface area contributed by atoms with Crippen LogP contribution in [-0.2, 0) is 10.0 Å². The highest BCUT2D eigenvalue weighted by Crippen LogP contribution is 2.21. The first-order valence-electron chi connectivity index (χ1n) is 6.35. The Morgan fingerprint density at radius 2 is 2.11 bits per heavy atom. The van der Waals surface area contributed by atoms with Crippen molar-refractivity contribution in [3.63, 3.8) is 0 Å². The predicted molar refractivity (Wildman–Crippen MR) is 73.9 cm³/mol. The monoisotopic (exact) mass is 287 g/mol. The van der Waals surface area contributed by atoms with Crippen LogP contribution in [-0.4, -0.2) is 33.3 Å². The number of rotatable bonds is 8. The lowest BCUT2D eigenvalue weighted by Crippen LogP contribution is -2.26. The van der Waals surface area contributed by atoms with Crippen LogP contribution in [0.2, 0.25) is 0 Å². The summed E-state index contributed by atoms with van der Waals surface area (Å²) in [7, 11) is -3.55. The van der Waals surface area contributed by atoms with Gasteiger partial charge in [-0.3, -0.25) is 0 Å². The van der Waals surface area contributed by atoms with Gasteiger partial charge in [-0.15, -0.1) is 0 Å². The lowest BCUT2D eigenvalue weighted by atomic mass is 10.2. The number of nitrogens with one attached hydrogen (secondary N) is 1. The summed E-state index contributed by atoms with van der Waals surface area (Å²) < 4.78 is 31.6. The second-order valence-corrected chi connectivity index (χ2v) is 6.02. The average molecular weight is 287 g/mol. The molecule has 0 aliphatic rings. The summed E-state index contributed by atoms with van der Waals surface area (Å²) in [5.41, 5.74) is 0.781. The van der Waals surface area contributed by atoms with Gasteiger partial charge in [-0.25, -0.2) is 13.1 Å². The molecule has 2 N–H and O–H groups in total. The highest BCUT2D eigenvalue weighted by molar-refractivity contribution is 7.89. The molecule has 0 unspecified atom stereocenters. The van der Waals surface area contributed by atoms with E-state index in [9.17, 15) is 8.42 Å². The van der Waals surface area contributed by atoms with Gasteiger partial charge in [0.15, 0.2) is 0 Å². The van der Waals surface area contributed by atoms with E-state index in [1.165, 1.54) is 6.07 Å². The molecular formula is C13H21NO4S. The molecule has 0 aliphatic heterocycles. The number of aliphatic hydroxyl groups is 1. The Balaban J connectivity index is 2.81. The van der Waals surface area contributed by atoms with Crippen LogP contribution in [0.1, 0.15) is 25.3 Å². The van der Waals surface area contributed by atoms with E-state index in [0.717, 1.165) is 18.4 Å². The average Bonchev–Trinajstić information content (AvgIpc) is 2.38. The second kappa shape index (κ2) is 7.47. The highest BCUT2D eigenvalue weighted by Gasteiger charge is 2.14. The van der Waals surface area contributed by atoms with Gasteiger partial charge in [0.2, 0.25) is 10.0 Å². The molecule has 6 heteroatoms. The third-order valence-electron chi connectivity index (χ3n) is 2.62. The third kappa shape index (κ3) is 4.81. The van der Waals surface area contributed by atoms with Crippen molar-refractivity contribution < 1.29 is 18.3 Å². The number of ether oxygens (including phenoxy) is 1. The summed E-state index contributed by atoms with van der Waals surface area (Å²) in [6.45, 7) is 4.31. The molecule has 1 aromatic rings. The maximum Gasteiger partial charge on any atom is 0.240 e. The van der Waals surface area contributed by atoms with Gasteiger partial charge in [-0.2, -0.15) is 0 Å². The Morgan fingerprint density at radius 1 is 1.37 bits per heavy atom. The predicted octanol–water partition coefficient (Wildman–Crippen LogP) is 1.44. The van der Waals surface area contributed by atoms with Gasteiger partial charge in [0, 0.05) is 6.54 Å². The lowest BCUT2D eigenvalue weighted by molar-refractivity contribution is 0.301. The third-order valence-corrected chi connectivity index (χ3v) is 4.07. The molecule has 0 amide bonds. The molecule has 5 nitrogen and oxygen atoms in total. The molecule has 19 heavy (non-hydrogen) atoms. The number of benzene rings is 1. The molecule has 0 aromatic heterocycles. The molecule has 1 rings (SSSR count). The van der Waals surface area contributed by atoms with Crippen molar-refractivity contribution in [3.8, 4) is 5.75 Å². The molecule has 0 bridgehead atoms. The topological polar surface area (TPSA) is 75.6 Å². The van der Waals surface area contributed by atoms with Crippen molar-refractivity contribution in [2.75, 3.05) is 19.8 Å². The van der Waals surface area contributed by atoms with Crippen molar-refractivity contribution >= 4 is 10.0 Å². The first-order chi connectivity index (χ1) is 9.01. The zero-order valence-electron chi connectivity index (χ0n) is 11.3. The SMILES string of the molecule is CCCCOc1ccc(S(=O)(=O)NCCO)cc1C. The standard InChI is InChI=1S/C13H21NO4S/c1-3-4-9-18-13-6-5-12(10-11(13)2)19(16,17)14-7-8-15/h5-6,10,14-15H,3-4,7-9H2,1-2H3. The number of hydrogen-bond acceptors (Lipinski definition) is 4. The normalized spacial score (nSPS) is 11.5. The van der Waals surface area contributed by atoms with E-state index >= 15 is 0 Å². The van der Waals surface area contributed by atoms with E-state index in [4.69, 9.17) is 9.84 Å². The van der Waals surface area contributed by atoms with Crippen LogP contribution in [0.3, 0.4) is 0 Å². The molecule has 0 aliphatic carbocycles. The van der Waals surface area contributed by atoms with Crippen LogP contribution in [0, 0.1) is 6.92 Å². The summed E-state index contributed by atoms with van der Waals surface area (Å²) in [5.74, 6) is 0.703. The minimum Gasteiger partial charge on any atom is -0.493 e. The Kier molecular flexibility index (Phi) is 6.27. The molecule has 0 saturated carbocycles. The van der Waals surface area contributed by atoms with Crippen LogP contribution >= 0.6 is 0 Å². The van der Waals surface area contributed by atoms with Crippen molar-refractivity contribution in [3.05, 3.63) is 23.8 Å². The van der Waals surface area contributed by atoms with Gasteiger partial charge >= 0.3 is 0 Å². The van der Waals surface area contributed by atoms with Crippen molar-refractivity contribution in [2.24, 2.45) is 0 Å². The molecule has 0 saturated heterocycles. The van der Waals surface area contributed by atoms with E-state index in [1.807, 2.05) is 6.92 Å². The van der Waals surface area contributed by atoms with E-state index in [0.29, 0.717) is 12.4 Å². The van der Waals surface area contributed by atoms with Gasteiger partial charge in [0.1, 0.15) is 5.75 Å². The summed E-state index contributed by atoms with van der Waals surface area (Å²) in [6.07, 6.45) is 2.02. The van der Waals surface area contributed by atoms with Gasteiger partial charge in [0.25, 0.3) is 0 Å². The van der Waals surface area contributed by atoms with E-state index < -0.39 is 10.0 Å². The number of aliphatic hydroxyl groups excluding tert-OH is 1. The molecular weight excluding hydrogens is 266 g/mol. The molecule has 1 aromatic carbocycles. The zero-order chi connectivity index (χ0) is 14.3. The van der Waals surface area contributed by atoms with Crippen molar-refractivity contribution in [1.29, 1.82) is 0 Å². The Morgan fingerprint density at radius 3 is 2.68 bits per heavy atom. The number of aryl methyl sites for hydroxylation is 1. The second-order valence-electron chi connectivity index (χ2n) is 4.25. The number of unbranched alkanes of at least 4 members (excludes halogenated alkanes) is 1. The van der Waals surface area contributed by atoms with E-state index in [-0.39, 0.29) is 18.0 Å². The minimum atomic E-state index is -3.55. The van der Waals surface area contributed by atoms with Crippen molar-refractivity contribution in [1.82, 2.24) is 4.72 Å². The van der Waals surface area contributed by atoms with Crippen LogP contribution in [0.25, 0.3) is 0 Å². The Bertz CT molecular complexity index is 499. The molecule has 0 atom stereocenters. The molecule has 0 spiro atoms. The van der Waals surface area contributed by atoms with Crippen molar-refractivity contribution in [2.45, 2.75) is 31.6 Å². The maximum absolute atomic E-state index is 11.9. The van der Waals surface area contributed by atoms with Gasteiger partial charge in [-0.1, -0.05) is 13.3 Å². The first-order valence-corrected chi connectivity index (χ1v) is 7.83. The quantitative estimate of drug-likeness (QED) is 0.710. The largest absolute Gasteiger partial charge is 0.493 e. The van der Waals surface area contributed by atoms with E-state index in [2.05, 4.69) is 11.6 Å². The molecule has 0 radical (unpaired) electrons. The highest BCUT2D eigenvalue weighted by atomic mass is 32.2. The van der Waals surface area contributed by atoms with Crippen LogP contribution in [0.5, 0.6) is 5.75 Å². The molecule has 0 fully saturated rings. The Labute approximate surface area is 114 Å². The first kappa shape index (κ1) is 15.9. The minimum absolute atomic E-state index is 0.0101. The summed E-state index contributed by atoms with van der Waals surface area (Å²) in [4.78, 5) is 0.182. The van der Waals surface area contributed by atoms with Gasteiger partial charge in [0.05, 0.1) is 18.1 Å². The fourth-order valence-electron chi connectivity index (χ4n) is 1.54. The number of hydrogen-bond donors (Lipinski definition) is 2.